The van der Waals surface area contributed by atoms with Gasteiger partial charge in [-0.25, -0.2) is 12.7 Å². The summed E-state index contributed by atoms with van der Waals surface area (Å²) in [6.45, 7) is 3.48. The van der Waals surface area contributed by atoms with E-state index in [4.69, 9.17) is 0 Å². The van der Waals surface area contributed by atoms with Gasteiger partial charge in [-0.3, -0.25) is 9.69 Å². The van der Waals surface area contributed by atoms with Crippen molar-refractivity contribution in [2.45, 2.75) is 30.2 Å². The van der Waals surface area contributed by atoms with Crippen molar-refractivity contribution in [1.29, 1.82) is 0 Å². The lowest BCUT2D eigenvalue weighted by Gasteiger charge is -2.44. The number of rotatable bonds is 3. The summed E-state index contributed by atoms with van der Waals surface area (Å²) in [5, 5.41) is 0. The van der Waals surface area contributed by atoms with Gasteiger partial charge in [0.05, 0.1) is 4.90 Å². The van der Waals surface area contributed by atoms with Crippen molar-refractivity contribution in [2.75, 3.05) is 40.3 Å². The van der Waals surface area contributed by atoms with Crippen molar-refractivity contribution in [3.63, 3.8) is 0 Å². The summed E-state index contributed by atoms with van der Waals surface area (Å²) < 4.78 is 25.7. The predicted octanol–water partition coefficient (Wildman–Crippen LogP) is 1.25. The molecule has 2 heterocycles. The van der Waals surface area contributed by atoms with Crippen molar-refractivity contribution in [1.82, 2.24) is 14.1 Å². The van der Waals surface area contributed by atoms with Gasteiger partial charge in [0.2, 0.25) is 10.0 Å². The third-order valence-electron chi connectivity index (χ3n) is 4.98. The Labute approximate surface area is 144 Å². The molecule has 1 atom stereocenters. The van der Waals surface area contributed by atoms with Gasteiger partial charge in [-0.15, -0.1) is 0 Å². The molecular formula is C17H25N3O3S. The highest BCUT2D eigenvalue weighted by Gasteiger charge is 2.31. The third kappa shape index (κ3) is 3.34. The van der Waals surface area contributed by atoms with Crippen LogP contribution in [-0.4, -0.2) is 74.7 Å². The summed E-state index contributed by atoms with van der Waals surface area (Å²) in [6, 6.07) is 6.81. The Balaban J connectivity index is 1.78. The van der Waals surface area contributed by atoms with Crippen molar-refractivity contribution >= 4 is 15.9 Å². The minimum absolute atomic E-state index is 0.0731. The molecule has 1 aromatic rings. The first kappa shape index (κ1) is 17.4. The van der Waals surface area contributed by atoms with Crippen LogP contribution in [0.3, 0.4) is 0 Å². The highest BCUT2D eigenvalue weighted by molar-refractivity contribution is 7.89. The lowest BCUT2D eigenvalue weighted by Crippen LogP contribution is -2.56. The molecule has 132 valence electrons. The molecule has 3 rings (SSSR count). The van der Waals surface area contributed by atoms with Crippen LogP contribution in [0, 0.1) is 0 Å². The van der Waals surface area contributed by atoms with Gasteiger partial charge in [-0.05, 0) is 37.6 Å². The number of fused-ring (bicyclic) bond motifs is 1. The molecule has 1 aromatic carbocycles. The van der Waals surface area contributed by atoms with Gasteiger partial charge in [0, 0.05) is 45.3 Å². The topological polar surface area (TPSA) is 60.9 Å². The summed E-state index contributed by atoms with van der Waals surface area (Å²) in [6.07, 6.45) is 3.60. The summed E-state index contributed by atoms with van der Waals surface area (Å²) in [4.78, 5) is 17.3. The number of sulfonamides is 1. The molecule has 0 saturated carbocycles. The Morgan fingerprint density at radius 2 is 1.96 bits per heavy atom. The Kier molecular flexibility index (Phi) is 4.94. The van der Waals surface area contributed by atoms with Crippen LogP contribution in [0.15, 0.2) is 29.2 Å². The summed E-state index contributed by atoms with van der Waals surface area (Å²) in [7, 11) is -0.544. The Morgan fingerprint density at radius 1 is 1.17 bits per heavy atom. The fourth-order valence-electron chi connectivity index (χ4n) is 3.52. The van der Waals surface area contributed by atoms with Crippen LogP contribution < -0.4 is 0 Å². The highest BCUT2D eigenvalue weighted by atomic mass is 32.2. The quantitative estimate of drug-likeness (QED) is 0.822. The Hall–Kier alpha value is -1.44. The number of amides is 1. The van der Waals surface area contributed by atoms with Crippen LogP contribution in [0.5, 0.6) is 0 Å². The van der Waals surface area contributed by atoms with E-state index >= 15 is 0 Å². The van der Waals surface area contributed by atoms with E-state index in [2.05, 4.69) is 4.90 Å². The average Bonchev–Trinajstić information content (AvgIpc) is 2.60. The van der Waals surface area contributed by atoms with Crippen molar-refractivity contribution < 1.29 is 13.2 Å². The second-order valence-corrected chi connectivity index (χ2v) is 8.90. The molecule has 1 amide bonds. The van der Waals surface area contributed by atoms with E-state index in [1.54, 1.807) is 12.1 Å². The monoisotopic (exact) mass is 351 g/mol. The van der Waals surface area contributed by atoms with Gasteiger partial charge >= 0.3 is 0 Å². The molecule has 2 saturated heterocycles. The molecule has 7 heteroatoms. The van der Waals surface area contributed by atoms with Crippen LogP contribution in [0.1, 0.15) is 29.6 Å². The maximum atomic E-state index is 12.8. The fourth-order valence-corrected chi connectivity index (χ4v) is 4.47. The number of carbonyl (C=O) groups excluding carboxylic acids is 1. The lowest BCUT2D eigenvalue weighted by molar-refractivity contribution is 0.0372. The third-order valence-corrected chi connectivity index (χ3v) is 6.80. The molecular weight excluding hydrogens is 326 g/mol. The summed E-state index contributed by atoms with van der Waals surface area (Å²) in [5.74, 6) is -0.0731. The largest absolute Gasteiger partial charge is 0.336 e. The van der Waals surface area contributed by atoms with E-state index in [-0.39, 0.29) is 10.8 Å². The zero-order valence-electron chi connectivity index (χ0n) is 14.3. The van der Waals surface area contributed by atoms with E-state index in [0.717, 1.165) is 30.4 Å². The van der Waals surface area contributed by atoms with Crippen molar-refractivity contribution in [3.8, 4) is 0 Å². The molecule has 2 aliphatic rings. The molecule has 6 nitrogen and oxygen atoms in total. The molecule has 0 N–H and O–H groups in total. The van der Waals surface area contributed by atoms with E-state index < -0.39 is 10.0 Å². The maximum Gasteiger partial charge on any atom is 0.253 e. The number of carbonyl (C=O) groups is 1. The number of hydrogen-bond donors (Lipinski definition) is 0. The second-order valence-electron chi connectivity index (χ2n) is 6.75. The number of piperazine rings is 1. The minimum atomic E-state index is -3.53. The first-order valence-electron chi connectivity index (χ1n) is 8.45. The molecule has 1 unspecified atom stereocenters. The maximum absolute atomic E-state index is 12.8. The van der Waals surface area contributed by atoms with Crippen LogP contribution >= 0.6 is 0 Å². The summed E-state index contributed by atoms with van der Waals surface area (Å²) >= 11 is 0. The van der Waals surface area contributed by atoms with E-state index in [0.29, 0.717) is 18.2 Å². The van der Waals surface area contributed by atoms with Gasteiger partial charge in [0.1, 0.15) is 0 Å². The second kappa shape index (κ2) is 6.82. The van der Waals surface area contributed by atoms with E-state index in [1.165, 1.54) is 39.1 Å². The zero-order valence-corrected chi connectivity index (χ0v) is 15.1. The predicted molar refractivity (Wildman–Crippen MR) is 92.4 cm³/mol. The van der Waals surface area contributed by atoms with Gasteiger partial charge in [-0.1, -0.05) is 12.5 Å². The van der Waals surface area contributed by atoms with E-state index in [9.17, 15) is 13.2 Å². The Bertz CT molecular complexity index is 718. The van der Waals surface area contributed by atoms with Gasteiger partial charge in [0.25, 0.3) is 5.91 Å². The zero-order chi connectivity index (χ0) is 17.3. The first-order chi connectivity index (χ1) is 11.4. The molecule has 2 aliphatic heterocycles. The molecule has 0 aliphatic carbocycles. The van der Waals surface area contributed by atoms with Gasteiger partial charge in [0.15, 0.2) is 0 Å². The number of benzene rings is 1. The average molecular weight is 351 g/mol. The number of piperidine rings is 1. The molecule has 0 radical (unpaired) electrons. The molecule has 0 bridgehead atoms. The fraction of sp³-hybridized carbons (Fsp3) is 0.588. The molecule has 0 spiro atoms. The minimum Gasteiger partial charge on any atom is -0.336 e. The van der Waals surface area contributed by atoms with Crippen LogP contribution in [0.4, 0.5) is 0 Å². The van der Waals surface area contributed by atoms with Gasteiger partial charge in [-0.2, -0.15) is 0 Å². The Morgan fingerprint density at radius 3 is 2.71 bits per heavy atom. The molecule has 24 heavy (non-hydrogen) atoms. The van der Waals surface area contributed by atoms with E-state index in [1.807, 2.05) is 4.90 Å². The summed E-state index contributed by atoms with van der Waals surface area (Å²) in [5.41, 5.74) is 0.446. The standard InChI is InChI=1S/C17H25N3O3S/c1-18(2)24(22,23)16-8-5-6-14(12-16)17(21)20-11-10-19-9-4-3-7-15(19)13-20/h5-6,8,12,15H,3-4,7,9-11,13H2,1-2H3. The van der Waals surface area contributed by atoms with Crippen LogP contribution in [-0.2, 0) is 10.0 Å². The molecule has 2 fully saturated rings. The number of hydrogen-bond acceptors (Lipinski definition) is 4. The number of nitrogens with zero attached hydrogens (tertiary/aromatic N) is 3. The van der Waals surface area contributed by atoms with Crippen LogP contribution in [0.2, 0.25) is 0 Å². The van der Waals surface area contributed by atoms with Crippen LogP contribution in [0.25, 0.3) is 0 Å². The first-order valence-corrected chi connectivity index (χ1v) is 9.89. The van der Waals surface area contributed by atoms with Crippen molar-refractivity contribution in [2.24, 2.45) is 0 Å². The van der Waals surface area contributed by atoms with Gasteiger partial charge < -0.3 is 4.90 Å². The molecule has 0 aromatic heterocycles. The highest BCUT2D eigenvalue weighted by Crippen LogP contribution is 2.23. The SMILES string of the molecule is CN(C)S(=O)(=O)c1cccc(C(=O)N2CCN3CCCCC3C2)c1. The normalized spacial score (nSPS) is 22.5. The smallest absolute Gasteiger partial charge is 0.253 e. The lowest BCUT2D eigenvalue weighted by atomic mass is 9.99. The van der Waals surface area contributed by atoms with Crippen molar-refractivity contribution in [3.05, 3.63) is 29.8 Å².